The van der Waals surface area contributed by atoms with Gasteiger partial charge in [-0.15, -0.1) is 11.3 Å². The van der Waals surface area contributed by atoms with Crippen LogP contribution < -0.4 is 10.3 Å². The van der Waals surface area contributed by atoms with E-state index in [0.29, 0.717) is 16.9 Å². The molecule has 106 valence electrons. The summed E-state index contributed by atoms with van der Waals surface area (Å²) >= 11 is 0.647. The third-order valence-corrected chi connectivity index (χ3v) is 5.33. The number of H-pyrrole nitrogens is 1. The number of aromatic carboxylic acids is 1. The molecule has 2 aromatic rings. The average molecular weight is 315 g/mol. The van der Waals surface area contributed by atoms with E-state index in [1.807, 2.05) is 0 Å². The van der Waals surface area contributed by atoms with Crippen LogP contribution in [0.2, 0.25) is 0 Å². The van der Waals surface area contributed by atoms with Crippen LogP contribution in [0.25, 0.3) is 0 Å². The highest BCUT2D eigenvalue weighted by Crippen LogP contribution is 2.27. The van der Waals surface area contributed by atoms with Crippen LogP contribution in [0.3, 0.4) is 0 Å². The number of carbonyl (C=O) groups is 1. The molecule has 2 rings (SSSR count). The third kappa shape index (κ3) is 2.86. The Hall–Kier alpha value is -2.20. The van der Waals surface area contributed by atoms with Gasteiger partial charge in [-0.1, -0.05) is 0 Å². The van der Waals surface area contributed by atoms with Gasteiger partial charge >= 0.3 is 5.97 Å². The van der Waals surface area contributed by atoms with Crippen LogP contribution >= 0.6 is 11.3 Å². The van der Waals surface area contributed by atoms with Crippen molar-refractivity contribution in [2.45, 2.75) is 11.1 Å². The number of rotatable bonds is 4. The Labute approximate surface area is 117 Å². The first-order valence-corrected chi connectivity index (χ1v) is 7.52. The van der Waals surface area contributed by atoms with E-state index in [1.165, 1.54) is 19.1 Å². The molecule has 0 aliphatic heterocycles. The minimum Gasteiger partial charge on any atom is -0.477 e. The molecule has 3 N–H and O–H groups in total. The molecule has 0 aliphatic carbocycles. The number of carboxylic acid groups (broad SMARTS) is 1. The summed E-state index contributed by atoms with van der Waals surface area (Å²) in [6, 6.07) is 3.59. The van der Waals surface area contributed by atoms with Crippen LogP contribution in [-0.2, 0) is 10.0 Å². The number of aryl methyl sites for hydroxylation is 1. The van der Waals surface area contributed by atoms with Crippen LogP contribution in [0.15, 0.2) is 27.2 Å². The van der Waals surface area contributed by atoms with Crippen LogP contribution in [0, 0.1) is 6.92 Å². The Kier molecular flexibility index (Phi) is 3.59. The molecule has 0 radical (unpaired) electrons. The molecule has 0 fully saturated rings. The number of nitrogens with zero attached hydrogens (tertiary/aromatic N) is 1. The average Bonchev–Trinajstić information content (AvgIpc) is 2.75. The molecule has 0 bridgehead atoms. The van der Waals surface area contributed by atoms with Crippen molar-refractivity contribution >= 4 is 33.1 Å². The fourth-order valence-electron chi connectivity index (χ4n) is 1.39. The highest BCUT2D eigenvalue weighted by atomic mass is 32.2. The fraction of sp³-hybridized carbons (Fsp3) is 0.100. The number of nitrogens with one attached hydrogen (secondary N) is 2. The molecular formula is C10H9N3O5S2. The molecular weight excluding hydrogens is 306 g/mol. The number of sulfonamides is 1. The van der Waals surface area contributed by atoms with Crippen molar-refractivity contribution in [1.82, 2.24) is 10.2 Å². The quantitative estimate of drug-likeness (QED) is 0.759. The third-order valence-electron chi connectivity index (χ3n) is 2.27. The van der Waals surface area contributed by atoms with Crippen molar-refractivity contribution in [3.63, 3.8) is 0 Å². The van der Waals surface area contributed by atoms with Gasteiger partial charge < -0.3 is 5.11 Å². The zero-order chi connectivity index (χ0) is 14.9. The number of hydrogen-bond donors (Lipinski definition) is 3. The number of hydrogen-bond acceptors (Lipinski definition) is 6. The first kappa shape index (κ1) is 14.2. The van der Waals surface area contributed by atoms with E-state index < -0.39 is 21.6 Å². The molecule has 2 aromatic heterocycles. The predicted molar refractivity (Wildman–Crippen MR) is 71.7 cm³/mol. The lowest BCUT2D eigenvalue weighted by Crippen LogP contribution is -2.15. The Morgan fingerprint density at radius 2 is 2.15 bits per heavy atom. The summed E-state index contributed by atoms with van der Waals surface area (Å²) in [5.74, 6) is -1.25. The Morgan fingerprint density at radius 1 is 1.45 bits per heavy atom. The maximum absolute atomic E-state index is 12.0. The van der Waals surface area contributed by atoms with Gasteiger partial charge in [-0.2, -0.15) is 5.10 Å². The van der Waals surface area contributed by atoms with Gasteiger partial charge in [-0.25, -0.2) is 18.3 Å². The summed E-state index contributed by atoms with van der Waals surface area (Å²) in [6.45, 7) is 1.51. The molecule has 2 heterocycles. The molecule has 0 aromatic carbocycles. The second-order valence-corrected chi connectivity index (χ2v) is 6.76. The number of aromatic nitrogens is 2. The van der Waals surface area contributed by atoms with Crippen LogP contribution in [0.1, 0.15) is 15.2 Å². The van der Waals surface area contributed by atoms with E-state index >= 15 is 0 Å². The molecule has 8 nitrogen and oxygen atoms in total. The van der Waals surface area contributed by atoms with Crippen LogP contribution in [-0.4, -0.2) is 29.7 Å². The van der Waals surface area contributed by atoms with Gasteiger partial charge in [0.05, 0.1) is 0 Å². The molecule has 0 saturated carbocycles. The topological polar surface area (TPSA) is 129 Å². The second kappa shape index (κ2) is 5.06. The Balaban J connectivity index is 2.35. The molecule has 0 spiro atoms. The summed E-state index contributed by atoms with van der Waals surface area (Å²) in [5.41, 5.74) is -0.106. The summed E-state index contributed by atoms with van der Waals surface area (Å²) in [6.07, 6.45) is 0. The van der Waals surface area contributed by atoms with Gasteiger partial charge in [0.15, 0.2) is 5.82 Å². The van der Waals surface area contributed by atoms with Gasteiger partial charge in [0.25, 0.3) is 15.6 Å². The van der Waals surface area contributed by atoms with Gasteiger partial charge in [0, 0.05) is 6.07 Å². The minimum atomic E-state index is -3.94. The zero-order valence-corrected chi connectivity index (χ0v) is 11.7. The number of carboxylic acids is 1. The lowest BCUT2D eigenvalue weighted by molar-refractivity contribution is 0.0701. The molecule has 0 saturated heterocycles. The molecule has 0 aliphatic rings. The number of thiophene rings is 1. The summed E-state index contributed by atoms with van der Waals surface area (Å²) in [5, 5.41) is 14.5. The SMILES string of the molecule is Cc1cc(S(=O)(=O)Nc2ccc(=O)[nH]n2)sc1C(=O)O. The normalized spacial score (nSPS) is 11.2. The zero-order valence-electron chi connectivity index (χ0n) is 10.1. The number of anilines is 1. The van der Waals surface area contributed by atoms with Crippen LogP contribution in [0.5, 0.6) is 0 Å². The van der Waals surface area contributed by atoms with Gasteiger partial charge in [0.1, 0.15) is 9.09 Å². The highest BCUT2D eigenvalue weighted by Gasteiger charge is 2.22. The maximum atomic E-state index is 12.0. The lowest BCUT2D eigenvalue weighted by Gasteiger charge is -2.03. The minimum absolute atomic E-state index is 0.0418. The largest absolute Gasteiger partial charge is 0.477 e. The molecule has 10 heteroatoms. The van der Waals surface area contributed by atoms with E-state index in [4.69, 9.17) is 5.11 Å². The van der Waals surface area contributed by atoms with Crippen molar-refractivity contribution in [2.75, 3.05) is 4.72 Å². The van der Waals surface area contributed by atoms with E-state index in [0.717, 1.165) is 6.07 Å². The van der Waals surface area contributed by atoms with Gasteiger partial charge in [-0.3, -0.25) is 9.52 Å². The molecule has 0 amide bonds. The monoisotopic (exact) mass is 315 g/mol. The van der Waals surface area contributed by atoms with Crippen molar-refractivity contribution in [1.29, 1.82) is 0 Å². The van der Waals surface area contributed by atoms with Crippen molar-refractivity contribution in [3.8, 4) is 0 Å². The smallest absolute Gasteiger partial charge is 0.346 e. The molecule has 0 atom stereocenters. The Morgan fingerprint density at radius 3 is 2.65 bits per heavy atom. The maximum Gasteiger partial charge on any atom is 0.346 e. The molecule has 20 heavy (non-hydrogen) atoms. The highest BCUT2D eigenvalue weighted by molar-refractivity contribution is 7.94. The number of aromatic amines is 1. The first-order valence-electron chi connectivity index (χ1n) is 5.22. The van der Waals surface area contributed by atoms with E-state index in [1.54, 1.807) is 0 Å². The van der Waals surface area contributed by atoms with E-state index in [2.05, 4.69) is 14.9 Å². The lowest BCUT2D eigenvalue weighted by atomic mass is 10.3. The second-order valence-electron chi connectivity index (χ2n) is 3.79. The summed E-state index contributed by atoms with van der Waals surface area (Å²) < 4.78 is 26.1. The van der Waals surface area contributed by atoms with E-state index in [9.17, 15) is 18.0 Å². The van der Waals surface area contributed by atoms with Gasteiger partial charge in [0.2, 0.25) is 0 Å². The fourth-order valence-corrected chi connectivity index (χ4v) is 3.77. The predicted octanol–water partition coefficient (Wildman–Crippen LogP) is 0.639. The standard InChI is InChI=1S/C10H9N3O5S2/c1-5-4-8(19-9(5)10(15)16)20(17,18)13-6-2-3-7(14)12-11-6/h2-4H,1H3,(H,11,13)(H,12,14)(H,15,16). The Bertz CT molecular complexity index is 801. The summed E-state index contributed by atoms with van der Waals surface area (Å²) in [4.78, 5) is 21.7. The molecule has 0 unspecified atom stereocenters. The van der Waals surface area contributed by atoms with E-state index in [-0.39, 0.29) is 14.9 Å². The van der Waals surface area contributed by atoms with Crippen molar-refractivity contribution < 1.29 is 18.3 Å². The van der Waals surface area contributed by atoms with Gasteiger partial charge in [-0.05, 0) is 24.6 Å². The van der Waals surface area contributed by atoms with Crippen molar-refractivity contribution in [2.24, 2.45) is 0 Å². The summed E-state index contributed by atoms with van der Waals surface area (Å²) in [7, 11) is -3.94. The first-order chi connectivity index (χ1) is 9.29. The van der Waals surface area contributed by atoms with Crippen molar-refractivity contribution in [3.05, 3.63) is 39.0 Å². The van der Waals surface area contributed by atoms with Crippen LogP contribution in [0.4, 0.5) is 5.82 Å².